The number of phenolic OH excluding ortho intramolecular Hbond substituents is 2. The van der Waals surface area contributed by atoms with Gasteiger partial charge < -0.3 is 45.5 Å². The zero-order chi connectivity index (χ0) is 36.7. The van der Waals surface area contributed by atoms with Crippen LogP contribution < -0.4 is 30.6 Å². The second-order valence-corrected chi connectivity index (χ2v) is 15.6. The summed E-state index contributed by atoms with van der Waals surface area (Å²) >= 11 is 0. The maximum Gasteiger partial charge on any atom is 0.302 e. The van der Waals surface area contributed by atoms with Crippen LogP contribution in [0.3, 0.4) is 0 Å². The van der Waals surface area contributed by atoms with E-state index in [4.69, 9.17) is 24.7 Å². The lowest BCUT2D eigenvalue weighted by Crippen LogP contribution is -2.33. The molecule has 5 atom stereocenters. The summed E-state index contributed by atoms with van der Waals surface area (Å²) < 4.78 is 24.9. The second-order valence-electron chi connectivity index (χ2n) is 15.6. The maximum absolute atomic E-state index is 12.2. The van der Waals surface area contributed by atoms with E-state index in [0.29, 0.717) is 36.6 Å². The fraction of sp³-hybridized carbons (Fsp3) is 0.465. The summed E-state index contributed by atoms with van der Waals surface area (Å²) in [6, 6.07) is 13.8. The maximum atomic E-state index is 12.2. The fourth-order valence-electron chi connectivity index (χ4n) is 9.70. The van der Waals surface area contributed by atoms with Crippen molar-refractivity contribution >= 4 is 5.97 Å². The predicted molar refractivity (Wildman–Crippen MR) is 202 cm³/mol. The molecular weight excluding hydrogens is 670 g/mol. The summed E-state index contributed by atoms with van der Waals surface area (Å²) in [4.78, 5) is 12.2. The number of ether oxygens (including phenoxy) is 4. The Labute approximate surface area is 311 Å². The van der Waals surface area contributed by atoms with Crippen LogP contribution in [-0.4, -0.2) is 55.3 Å². The number of carbonyl (C=O) groups is 1. The highest BCUT2D eigenvalue weighted by atomic mass is 16.5. The van der Waals surface area contributed by atoms with Crippen molar-refractivity contribution in [3.63, 3.8) is 0 Å². The van der Waals surface area contributed by atoms with Gasteiger partial charge in [-0.3, -0.25) is 4.79 Å². The SMILES string of the molecule is COc1cc(O)cc2c1-c1ccc3c(c1C1(CCC(CC4=CNC(N)C=C4)C1)C2)OC(c1ccc(O)c(OCCNC2CCCC2)c1)C3COC(C)=O. The minimum atomic E-state index is -0.486. The Morgan fingerprint density at radius 2 is 1.94 bits per heavy atom. The molecule has 2 fully saturated rings. The highest BCUT2D eigenvalue weighted by molar-refractivity contribution is 5.84. The predicted octanol–water partition coefficient (Wildman–Crippen LogP) is 6.78. The normalized spacial score (nSPS) is 25.6. The van der Waals surface area contributed by atoms with Crippen LogP contribution in [0.15, 0.2) is 66.4 Å². The van der Waals surface area contributed by atoms with Crippen molar-refractivity contribution in [2.75, 3.05) is 26.9 Å². The van der Waals surface area contributed by atoms with Crippen LogP contribution in [0.1, 0.15) is 92.6 Å². The van der Waals surface area contributed by atoms with E-state index in [2.05, 4.69) is 28.8 Å². The molecule has 5 aliphatic rings. The molecule has 6 N–H and O–H groups in total. The number of rotatable bonds is 11. The zero-order valence-electron chi connectivity index (χ0n) is 30.7. The highest BCUT2D eigenvalue weighted by Gasteiger charge is 2.50. The van der Waals surface area contributed by atoms with E-state index in [1.54, 1.807) is 19.2 Å². The molecule has 10 nitrogen and oxygen atoms in total. The summed E-state index contributed by atoms with van der Waals surface area (Å²) in [5, 5.41) is 28.4. The number of benzene rings is 3. The average molecular weight is 722 g/mol. The molecule has 3 aliphatic carbocycles. The van der Waals surface area contributed by atoms with Crippen LogP contribution in [-0.2, 0) is 21.4 Å². The van der Waals surface area contributed by atoms with Gasteiger partial charge in [0.1, 0.15) is 36.6 Å². The number of allylic oxidation sites excluding steroid dienone is 2. The second kappa shape index (κ2) is 14.6. The molecule has 3 aromatic rings. The molecule has 0 saturated heterocycles. The first-order valence-corrected chi connectivity index (χ1v) is 19.2. The van der Waals surface area contributed by atoms with Crippen molar-refractivity contribution in [1.82, 2.24) is 10.6 Å². The molecule has 53 heavy (non-hydrogen) atoms. The Balaban J connectivity index is 1.16. The number of phenols is 2. The number of nitrogens with one attached hydrogen (secondary N) is 2. The van der Waals surface area contributed by atoms with Gasteiger partial charge in [-0.1, -0.05) is 37.1 Å². The van der Waals surface area contributed by atoms with Gasteiger partial charge in [0.05, 0.1) is 19.2 Å². The van der Waals surface area contributed by atoms with E-state index in [1.165, 1.54) is 38.2 Å². The lowest BCUT2D eigenvalue weighted by atomic mass is 9.65. The molecule has 2 aliphatic heterocycles. The first-order valence-electron chi connectivity index (χ1n) is 19.2. The third kappa shape index (κ3) is 6.95. The molecule has 280 valence electrons. The van der Waals surface area contributed by atoms with Crippen LogP contribution in [0.4, 0.5) is 0 Å². The van der Waals surface area contributed by atoms with Gasteiger partial charge in [0.15, 0.2) is 11.5 Å². The van der Waals surface area contributed by atoms with Crippen LogP contribution in [0.25, 0.3) is 11.1 Å². The van der Waals surface area contributed by atoms with E-state index in [1.807, 2.05) is 30.5 Å². The number of carbonyl (C=O) groups excluding carboxylic acids is 1. The third-order valence-electron chi connectivity index (χ3n) is 12.1. The van der Waals surface area contributed by atoms with Crippen LogP contribution >= 0.6 is 0 Å². The molecule has 0 aromatic heterocycles. The largest absolute Gasteiger partial charge is 0.508 e. The molecule has 5 unspecified atom stereocenters. The number of nitrogens with two attached hydrogens (primary N) is 1. The number of esters is 1. The van der Waals surface area contributed by atoms with Gasteiger partial charge >= 0.3 is 5.97 Å². The first-order chi connectivity index (χ1) is 25.7. The van der Waals surface area contributed by atoms with E-state index in [-0.39, 0.29) is 41.6 Å². The molecule has 0 radical (unpaired) electrons. The van der Waals surface area contributed by atoms with Gasteiger partial charge in [-0.15, -0.1) is 0 Å². The summed E-state index contributed by atoms with van der Waals surface area (Å²) in [6.07, 6.45) is 15.0. The molecule has 1 spiro atoms. The quantitative estimate of drug-likeness (QED) is 0.106. The monoisotopic (exact) mass is 721 g/mol. The molecule has 2 saturated carbocycles. The van der Waals surface area contributed by atoms with Crippen molar-refractivity contribution in [1.29, 1.82) is 0 Å². The smallest absolute Gasteiger partial charge is 0.302 e. The zero-order valence-corrected chi connectivity index (χ0v) is 30.7. The van der Waals surface area contributed by atoms with E-state index < -0.39 is 6.10 Å². The Bertz CT molecular complexity index is 1930. The molecule has 2 heterocycles. The minimum Gasteiger partial charge on any atom is -0.508 e. The fourth-order valence-corrected chi connectivity index (χ4v) is 9.70. The van der Waals surface area contributed by atoms with Crippen molar-refractivity contribution < 1.29 is 34.0 Å². The number of aromatic hydroxyl groups is 2. The number of fused-ring (bicyclic) bond motifs is 6. The number of hydrogen-bond acceptors (Lipinski definition) is 10. The number of methoxy groups -OCH3 is 1. The topological polar surface area (TPSA) is 145 Å². The first kappa shape index (κ1) is 35.4. The van der Waals surface area contributed by atoms with Crippen molar-refractivity contribution in [3.05, 3.63) is 88.6 Å². The lowest BCUT2D eigenvalue weighted by molar-refractivity contribution is -0.141. The van der Waals surface area contributed by atoms with Crippen LogP contribution in [0.5, 0.6) is 28.7 Å². The molecule has 0 bridgehead atoms. The van der Waals surface area contributed by atoms with Gasteiger partial charge in [-0.25, -0.2) is 0 Å². The molecule has 0 amide bonds. The van der Waals surface area contributed by atoms with Crippen molar-refractivity contribution in [2.24, 2.45) is 11.7 Å². The Morgan fingerprint density at radius 1 is 1.09 bits per heavy atom. The Morgan fingerprint density at radius 3 is 2.72 bits per heavy atom. The lowest BCUT2D eigenvalue weighted by Gasteiger charge is -2.39. The summed E-state index contributed by atoms with van der Waals surface area (Å²) in [5.41, 5.74) is 13.1. The van der Waals surface area contributed by atoms with Gasteiger partial charge in [-0.05, 0) is 97.4 Å². The summed E-state index contributed by atoms with van der Waals surface area (Å²) in [6.45, 7) is 2.70. The number of dihydropyridines is 1. The van der Waals surface area contributed by atoms with E-state index in [9.17, 15) is 15.0 Å². The molecule has 3 aromatic carbocycles. The van der Waals surface area contributed by atoms with Crippen molar-refractivity contribution in [2.45, 2.75) is 94.4 Å². The minimum absolute atomic E-state index is 0.0713. The Kier molecular flexibility index (Phi) is 9.76. The average Bonchev–Trinajstić information content (AvgIpc) is 3.90. The summed E-state index contributed by atoms with van der Waals surface area (Å²) in [5.74, 6) is 1.90. The molecule has 8 rings (SSSR count). The Hall–Kier alpha value is -4.67. The van der Waals surface area contributed by atoms with Gasteiger partial charge in [0.25, 0.3) is 0 Å². The van der Waals surface area contributed by atoms with Crippen LogP contribution in [0.2, 0.25) is 0 Å². The van der Waals surface area contributed by atoms with Gasteiger partial charge in [0.2, 0.25) is 0 Å². The van der Waals surface area contributed by atoms with Crippen LogP contribution in [0, 0.1) is 5.92 Å². The highest BCUT2D eigenvalue weighted by Crippen LogP contribution is 2.62. The summed E-state index contributed by atoms with van der Waals surface area (Å²) in [7, 11) is 1.64. The third-order valence-corrected chi connectivity index (χ3v) is 12.1. The standard InChI is InChI=1S/C43H51N3O7/c1-25(47)52-24-34-32-9-10-33-39-29(18-31(48)20-37(39)50-2)22-43(14-13-26(21-43)17-27-7-12-38(44)46-23-27)40(33)42(32)53-41(34)28-8-11-35(49)36(19-28)51-16-15-45-30-5-3-4-6-30/h7-12,18-20,23,26,30,34,38,41,45-46,48-49H,3-6,13-17,21-22,24,44H2,1-2H3. The van der Waals surface area contributed by atoms with Crippen molar-refractivity contribution in [3.8, 4) is 39.9 Å². The van der Waals surface area contributed by atoms with E-state index >= 15 is 0 Å². The molecule has 10 heteroatoms. The molecular formula is C43H51N3O7. The van der Waals surface area contributed by atoms with E-state index in [0.717, 1.165) is 71.2 Å². The van der Waals surface area contributed by atoms with Gasteiger partial charge in [0, 0.05) is 53.9 Å². The number of hydrogen-bond donors (Lipinski definition) is 5. The van der Waals surface area contributed by atoms with Gasteiger partial charge in [-0.2, -0.15) is 0 Å².